The summed E-state index contributed by atoms with van der Waals surface area (Å²) in [5.74, 6) is 0.348. The van der Waals surface area contributed by atoms with Gasteiger partial charge in [-0.1, -0.05) is 11.6 Å². The Morgan fingerprint density at radius 3 is 2.83 bits per heavy atom. The summed E-state index contributed by atoms with van der Waals surface area (Å²) in [6.45, 7) is 2.05. The maximum absolute atomic E-state index is 6.01. The van der Waals surface area contributed by atoms with Crippen molar-refractivity contribution in [1.82, 2.24) is 15.2 Å². The monoisotopic (exact) mass is 258 g/mol. The Morgan fingerprint density at radius 2 is 2.06 bits per heavy atom. The van der Waals surface area contributed by atoms with E-state index in [1.54, 1.807) is 12.4 Å². The maximum Gasteiger partial charge on any atom is 0.142 e. The summed E-state index contributed by atoms with van der Waals surface area (Å²) in [5.41, 5.74) is 9.77. The minimum absolute atomic E-state index is 0.348. The number of nitrogens with two attached hydrogens (primary N) is 1. The first-order chi connectivity index (χ1) is 8.65. The number of nitrogens with zero attached hydrogens (tertiary/aromatic N) is 2. The van der Waals surface area contributed by atoms with Gasteiger partial charge in [0.05, 0.1) is 16.7 Å². The molecule has 2 aromatic heterocycles. The molecular formula is C13H11ClN4. The second-order valence-electron chi connectivity index (χ2n) is 4.22. The molecule has 0 bridgehead atoms. The SMILES string of the molecule is Cc1cc2cn[nH]c2cc1-c1cnc(N)c(Cl)c1. The van der Waals surface area contributed by atoms with Gasteiger partial charge in [-0.05, 0) is 36.2 Å². The second kappa shape index (κ2) is 3.99. The van der Waals surface area contributed by atoms with E-state index in [1.807, 2.05) is 19.1 Å². The lowest BCUT2D eigenvalue weighted by molar-refractivity contribution is 1.12. The largest absolute Gasteiger partial charge is 0.382 e. The molecule has 0 unspecified atom stereocenters. The molecular weight excluding hydrogens is 248 g/mol. The topological polar surface area (TPSA) is 67.6 Å². The average molecular weight is 259 g/mol. The number of fused-ring (bicyclic) bond motifs is 1. The number of rotatable bonds is 1. The summed E-state index contributed by atoms with van der Waals surface area (Å²) in [6, 6.07) is 5.95. The standard InChI is InChI=1S/C13H11ClN4/c1-7-2-9-6-17-18-12(9)4-10(7)8-3-11(14)13(15)16-5-8/h2-6H,1H3,(H2,15,16)(H,17,18). The molecule has 2 heterocycles. The highest BCUT2D eigenvalue weighted by Gasteiger charge is 2.08. The minimum Gasteiger partial charge on any atom is -0.382 e. The fourth-order valence-corrected chi connectivity index (χ4v) is 2.18. The molecule has 0 fully saturated rings. The van der Waals surface area contributed by atoms with Gasteiger partial charge in [-0.15, -0.1) is 0 Å². The zero-order valence-corrected chi connectivity index (χ0v) is 10.5. The molecule has 3 rings (SSSR count). The van der Waals surface area contributed by atoms with Crippen molar-refractivity contribution in [2.24, 2.45) is 0 Å². The first-order valence-corrected chi connectivity index (χ1v) is 5.88. The van der Waals surface area contributed by atoms with Gasteiger partial charge in [-0.3, -0.25) is 5.10 Å². The van der Waals surface area contributed by atoms with Crippen LogP contribution in [0.25, 0.3) is 22.0 Å². The summed E-state index contributed by atoms with van der Waals surface area (Å²) in [4.78, 5) is 4.08. The number of nitrogens with one attached hydrogen (secondary N) is 1. The van der Waals surface area contributed by atoms with Crippen LogP contribution in [0, 0.1) is 6.92 Å². The molecule has 0 saturated carbocycles. The molecule has 4 nitrogen and oxygen atoms in total. The molecule has 3 aromatic rings. The molecule has 18 heavy (non-hydrogen) atoms. The molecule has 0 aliphatic rings. The van der Waals surface area contributed by atoms with E-state index in [0.717, 1.165) is 27.6 Å². The number of aryl methyl sites for hydroxylation is 1. The molecule has 1 aromatic carbocycles. The van der Waals surface area contributed by atoms with Crippen molar-refractivity contribution in [1.29, 1.82) is 0 Å². The van der Waals surface area contributed by atoms with E-state index in [2.05, 4.69) is 21.2 Å². The number of aromatic nitrogens is 3. The summed E-state index contributed by atoms with van der Waals surface area (Å²) >= 11 is 6.01. The number of hydrogen-bond acceptors (Lipinski definition) is 3. The number of H-pyrrole nitrogens is 1. The van der Waals surface area contributed by atoms with Crippen LogP contribution in [-0.2, 0) is 0 Å². The fourth-order valence-electron chi connectivity index (χ4n) is 2.01. The summed E-state index contributed by atoms with van der Waals surface area (Å²) < 4.78 is 0. The predicted molar refractivity (Wildman–Crippen MR) is 73.5 cm³/mol. The minimum atomic E-state index is 0.348. The lowest BCUT2D eigenvalue weighted by Crippen LogP contribution is -1.92. The molecule has 0 aliphatic carbocycles. The van der Waals surface area contributed by atoms with Crippen LogP contribution in [0.3, 0.4) is 0 Å². The number of aromatic amines is 1. The van der Waals surface area contributed by atoms with Gasteiger partial charge in [0.25, 0.3) is 0 Å². The third-order valence-corrected chi connectivity index (χ3v) is 3.27. The van der Waals surface area contributed by atoms with E-state index >= 15 is 0 Å². The van der Waals surface area contributed by atoms with E-state index in [-0.39, 0.29) is 0 Å². The Labute approximate surface area is 109 Å². The maximum atomic E-state index is 6.01. The molecule has 5 heteroatoms. The first kappa shape index (κ1) is 11.0. The van der Waals surface area contributed by atoms with E-state index in [1.165, 1.54) is 0 Å². The van der Waals surface area contributed by atoms with Crippen LogP contribution in [0.1, 0.15) is 5.56 Å². The van der Waals surface area contributed by atoms with Gasteiger partial charge in [0, 0.05) is 17.1 Å². The Balaban J connectivity index is 2.23. The van der Waals surface area contributed by atoms with E-state index in [9.17, 15) is 0 Å². The quantitative estimate of drug-likeness (QED) is 0.704. The summed E-state index contributed by atoms with van der Waals surface area (Å²) in [7, 11) is 0. The third kappa shape index (κ3) is 1.71. The normalized spacial score (nSPS) is 11.0. The number of hydrogen-bond donors (Lipinski definition) is 2. The molecule has 0 spiro atoms. The highest BCUT2D eigenvalue weighted by molar-refractivity contribution is 6.33. The molecule has 0 atom stereocenters. The zero-order valence-electron chi connectivity index (χ0n) is 9.74. The predicted octanol–water partition coefficient (Wildman–Crippen LogP) is 3.17. The van der Waals surface area contributed by atoms with Crippen molar-refractivity contribution >= 4 is 28.3 Å². The number of benzene rings is 1. The summed E-state index contributed by atoms with van der Waals surface area (Å²) in [5, 5.41) is 8.53. The van der Waals surface area contributed by atoms with Crippen LogP contribution < -0.4 is 5.73 Å². The Morgan fingerprint density at radius 1 is 1.22 bits per heavy atom. The molecule has 0 amide bonds. The van der Waals surface area contributed by atoms with Crippen LogP contribution >= 0.6 is 11.6 Å². The highest BCUT2D eigenvalue weighted by Crippen LogP contribution is 2.29. The van der Waals surface area contributed by atoms with Crippen molar-refractivity contribution < 1.29 is 0 Å². The average Bonchev–Trinajstić information content (AvgIpc) is 2.79. The van der Waals surface area contributed by atoms with Crippen LogP contribution in [0.2, 0.25) is 5.02 Å². The van der Waals surface area contributed by atoms with Crippen LogP contribution in [0.15, 0.2) is 30.6 Å². The van der Waals surface area contributed by atoms with Gasteiger partial charge in [0.15, 0.2) is 0 Å². The number of halogens is 1. The molecule has 90 valence electrons. The van der Waals surface area contributed by atoms with Crippen LogP contribution in [0.5, 0.6) is 0 Å². The Bertz CT molecular complexity index is 733. The third-order valence-electron chi connectivity index (χ3n) is 2.97. The second-order valence-corrected chi connectivity index (χ2v) is 4.62. The Hall–Kier alpha value is -2.07. The zero-order chi connectivity index (χ0) is 12.7. The van der Waals surface area contributed by atoms with Gasteiger partial charge in [-0.2, -0.15) is 5.10 Å². The number of anilines is 1. The highest BCUT2D eigenvalue weighted by atomic mass is 35.5. The Kier molecular flexibility index (Phi) is 2.45. The van der Waals surface area contributed by atoms with Gasteiger partial charge < -0.3 is 5.73 Å². The van der Waals surface area contributed by atoms with Crippen LogP contribution in [0.4, 0.5) is 5.82 Å². The van der Waals surface area contributed by atoms with Crippen molar-refractivity contribution in [3.63, 3.8) is 0 Å². The van der Waals surface area contributed by atoms with Crippen molar-refractivity contribution in [2.45, 2.75) is 6.92 Å². The van der Waals surface area contributed by atoms with E-state index in [0.29, 0.717) is 10.8 Å². The number of nitrogen functional groups attached to an aromatic ring is 1. The van der Waals surface area contributed by atoms with E-state index in [4.69, 9.17) is 17.3 Å². The van der Waals surface area contributed by atoms with Crippen molar-refractivity contribution in [3.8, 4) is 11.1 Å². The fraction of sp³-hybridized carbons (Fsp3) is 0.0769. The lowest BCUT2D eigenvalue weighted by Gasteiger charge is -2.07. The van der Waals surface area contributed by atoms with E-state index < -0.39 is 0 Å². The number of pyridine rings is 1. The lowest BCUT2D eigenvalue weighted by atomic mass is 10.0. The van der Waals surface area contributed by atoms with Crippen molar-refractivity contribution in [2.75, 3.05) is 5.73 Å². The van der Waals surface area contributed by atoms with Gasteiger partial charge in [-0.25, -0.2) is 4.98 Å². The summed E-state index contributed by atoms with van der Waals surface area (Å²) in [6.07, 6.45) is 3.53. The molecule has 0 saturated heterocycles. The first-order valence-electron chi connectivity index (χ1n) is 5.50. The van der Waals surface area contributed by atoms with Gasteiger partial charge in [0.1, 0.15) is 5.82 Å². The molecule has 0 aliphatic heterocycles. The van der Waals surface area contributed by atoms with Crippen molar-refractivity contribution in [3.05, 3.63) is 41.2 Å². The molecule has 0 radical (unpaired) electrons. The van der Waals surface area contributed by atoms with Crippen LogP contribution in [-0.4, -0.2) is 15.2 Å². The van der Waals surface area contributed by atoms with Gasteiger partial charge >= 0.3 is 0 Å². The molecule has 3 N–H and O–H groups in total. The van der Waals surface area contributed by atoms with Gasteiger partial charge in [0.2, 0.25) is 0 Å². The smallest absolute Gasteiger partial charge is 0.142 e.